The van der Waals surface area contributed by atoms with Crippen LogP contribution in [0, 0.1) is 0 Å². The van der Waals surface area contributed by atoms with Crippen molar-refractivity contribution in [3.8, 4) is 0 Å². The lowest BCUT2D eigenvalue weighted by Crippen LogP contribution is -2.24. The molecule has 2 N–H and O–H groups in total. The molecule has 0 atom stereocenters. The number of nitrogens with two attached hydrogens (primary N) is 1. The monoisotopic (exact) mass is 287 g/mol. The molecule has 0 aliphatic heterocycles. The lowest BCUT2D eigenvalue weighted by Gasteiger charge is -2.03. The van der Waals surface area contributed by atoms with Crippen LogP contribution in [0.4, 0.5) is 5.82 Å². The Morgan fingerprint density at radius 1 is 1.35 bits per heavy atom. The van der Waals surface area contributed by atoms with Gasteiger partial charge < -0.3 is 5.73 Å². The largest absolute Gasteiger partial charge is 0.383 e. The number of rotatable bonds is 3. The van der Waals surface area contributed by atoms with Crippen molar-refractivity contribution in [2.45, 2.75) is 25.4 Å². The van der Waals surface area contributed by atoms with Gasteiger partial charge in [-0.2, -0.15) is 0 Å². The van der Waals surface area contributed by atoms with Gasteiger partial charge in [0.05, 0.1) is 11.9 Å². The van der Waals surface area contributed by atoms with E-state index in [1.807, 2.05) is 17.6 Å². The van der Waals surface area contributed by atoms with Gasteiger partial charge in [0.2, 0.25) is 0 Å². The lowest BCUT2D eigenvalue weighted by atomic mass is 10.4. The Morgan fingerprint density at radius 3 is 3.00 bits per heavy atom. The van der Waals surface area contributed by atoms with E-state index in [-0.39, 0.29) is 5.69 Å². The molecule has 0 radical (unpaired) electrons. The Morgan fingerprint density at radius 2 is 2.20 bits per heavy atom. The molecule has 0 bridgehead atoms. The van der Waals surface area contributed by atoms with E-state index in [4.69, 9.17) is 5.73 Å². The maximum absolute atomic E-state index is 12.2. The molecule has 6 nitrogen and oxygen atoms in total. The van der Waals surface area contributed by atoms with Crippen LogP contribution in [-0.2, 0) is 6.54 Å². The molecule has 1 saturated carbocycles. The highest BCUT2D eigenvalue weighted by Crippen LogP contribution is 2.33. The molecule has 3 heterocycles. The van der Waals surface area contributed by atoms with Crippen molar-refractivity contribution in [1.82, 2.24) is 19.1 Å². The zero-order chi connectivity index (χ0) is 13.7. The van der Waals surface area contributed by atoms with Gasteiger partial charge in [0, 0.05) is 18.4 Å². The van der Waals surface area contributed by atoms with Gasteiger partial charge in [-0.25, -0.2) is 14.8 Å². The standard InChI is InChI=1S/C13H13N5OS/c14-11-9-3-6-20-12(9)16-10(15-11)7-17-4-5-18(13(17)19)8-1-2-8/h3-6,8H,1-2,7H2,(H2,14,15,16). The number of anilines is 1. The second kappa shape index (κ2) is 4.17. The summed E-state index contributed by atoms with van der Waals surface area (Å²) in [5.41, 5.74) is 5.92. The van der Waals surface area contributed by atoms with E-state index in [0.29, 0.717) is 24.2 Å². The quantitative estimate of drug-likeness (QED) is 0.794. The van der Waals surface area contributed by atoms with Gasteiger partial charge >= 0.3 is 5.69 Å². The molecule has 3 aromatic rings. The van der Waals surface area contributed by atoms with Crippen molar-refractivity contribution >= 4 is 27.4 Å². The molecule has 4 rings (SSSR count). The van der Waals surface area contributed by atoms with Crippen molar-refractivity contribution in [2.75, 3.05) is 5.73 Å². The van der Waals surface area contributed by atoms with Crippen LogP contribution < -0.4 is 11.4 Å². The van der Waals surface area contributed by atoms with Crippen molar-refractivity contribution in [2.24, 2.45) is 0 Å². The van der Waals surface area contributed by atoms with E-state index in [0.717, 1.165) is 23.1 Å². The number of aromatic nitrogens is 4. The fourth-order valence-corrected chi connectivity index (χ4v) is 3.12. The number of fused-ring (bicyclic) bond motifs is 1. The molecule has 1 aliphatic carbocycles. The SMILES string of the molecule is Nc1nc(Cn2ccn(C3CC3)c2=O)nc2sccc12. The van der Waals surface area contributed by atoms with Crippen LogP contribution in [0.2, 0.25) is 0 Å². The third-order valence-electron chi connectivity index (χ3n) is 3.53. The molecule has 1 aliphatic rings. The molecule has 7 heteroatoms. The number of imidazole rings is 1. The van der Waals surface area contributed by atoms with Crippen LogP contribution >= 0.6 is 11.3 Å². The van der Waals surface area contributed by atoms with E-state index >= 15 is 0 Å². The average molecular weight is 287 g/mol. The van der Waals surface area contributed by atoms with Gasteiger partial charge in [-0.1, -0.05) is 0 Å². The maximum atomic E-state index is 12.2. The molecular weight excluding hydrogens is 274 g/mol. The number of nitrogens with zero attached hydrogens (tertiary/aromatic N) is 4. The van der Waals surface area contributed by atoms with Gasteiger partial charge in [-0.3, -0.25) is 9.13 Å². The normalized spacial score (nSPS) is 15.0. The first-order valence-corrected chi connectivity index (χ1v) is 7.37. The average Bonchev–Trinajstić information content (AvgIpc) is 3.04. The molecule has 20 heavy (non-hydrogen) atoms. The lowest BCUT2D eigenvalue weighted by molar-refractivity contribution is 0.645. The first-order chi connectivity index (χ1) is 9.72. The highest BCUT2D eigenvalue weighted by atomic mass is 32.1. The van der Waals surface area contributed by atoms with Gasteiger partial charge in [0.1, 0.15) is 10.6 Å². The Kier molecular flexibility index (Phi) is 2.43. The minimum atomic E-state index is 0.000878. The molecule has 0 unspecified atom stereocenters. The van der Waals surface area contributed by atoms with E-state index in [1.54, 1.807) is 15.3 Å². The molecule has 0 aromatic carbocycles. The molecule has 0 amide bonds. The number of hydrogen-bond acceptors (Lipinski definition) is 5. The number of hydrogen-bond donors (Lipinski definition) is 1. The summed E-state index contributed by atoms with van der Waals surface area (Å²) in [6, 6.07) is 2.30. The van der Waals surface area contributed by atoms with E-state index in [2.05, 4.69) is 9.97 Å². The van der Waals surface area contributed by atoms with Crippen LogP contribution in [0.3, 0.4) is 0 Å². The molecule has 102 valence electrons. The topological polar surface area (TPSA) is 78.7 Å². The third kappa shape index (κ3) is 1.82. The van der Waals surface area contributed by atoms with Gasteiger partial charge in [0.25, 0.3) is 0 Å². The predicted molar refractivity (Wildman–Crippen MR) is 77.9 cm³/mol. The second-order valence-electron chi connectivity index (χ2n) is 5.01. The fraction of sp³-hybridized carbons (Fsp3) is 0.308. The summed E-state index contributed by atoms with van der Waals surface area (Å²) in [5, 5.41) is 2.82. The zero-order valence-corrected chi connectivity index (χ0v) is 11.5. The Bertz CT molecular complexity index is 842. The molecule has 0 saturated heterocycles. The Hall–Kier alpha value is -2.15. The molecule has 3 aromatic heterocycles. The minimum Gasteiger partial charge on any atom is -0.383 e. The zero-order valence-electron chi connectivity index (χ0n) is 10.7. The van der Waals surface area contributed by atoms with Crippen molar-refractivity contribution in [3.63, 3.8) is 0 Å². The van der Waals surface area contributed by atoms with Crippen molar-refractivity contribution in [1.29, 1.82) is 0 Å². The highest BCUT2D eigenvalue weighted by molar-refractivity contribution is 7.16. The van der Waals surface area contributed by atoms with Crippen molar-refractivity contribution < 1.29 is 0 Å². The molecule has 1 fully saturated rings. The predicted octanol–water partition coefficient (Wildman–Crippen LogP) is 1.62. The van der Waals surface area contributed by atoms with Crippen LogP contribution in [0.15, 0.2) is 28.6 Å². The Labute approximate surface area is 118 Å². The summed E-state index contributed by atoms with van der Waals surface area (Å²) in [7, 11) is 0. The Balaban J connectivity index is 1.71. The number of nitrogen functional groups attached to an aromatic ring is 1. The fourth-order valence-electron chi connectivity index (χ4n) is 2.33. The summed E-state index contributed by atoms with van der Waals surface area (Å²) in [6.07, 6.45) is 5.81. The van der Waals surface area contributed by atoms with Gasteiger partial charge in [0.15, 0.2) is 5.82 Å². The third-order valence-corrected chi connectivity index (χ3v) is 4.33. The van der Waals surface area contributed by atoms with E-state index in [9.17, 15) is 4.79 Å². The molecule has 0 spiro atoms. The van der Waals surface area contributed by atoms with E-state index < -0.39 is 0 Å². The van der Waals surface area contributed by atoms with Crippen LogP contribution in [0.25, 0.3) is 10.2 Å². The summed E-state index contributed by atoms with van der Waals surface area (Å²) in [6.45, 7) is 0.358. The summed E-state index contributed by atoms with van der Waals surface area (Å²) in [4.78, 5) is 21.8. The first-order valence-electron chi connectivity index (χ1n) is 6.49. The second-order valence-corrected chi connectivity index (χ2v) is 5.91. The van der Waals surface area contributed by atoms with Gasteiger partial charge in [-0.05, 0) is 24.3 Å². The molecular formula is C13H13N5OS. The summed E-state index contributed by atoms with van der Waals surface area (Å²) in [5.74, 6) is 1.05. The summed E-state index contributed by atoms with van der Waals surface area (Å²) < 4.78 is 3.42. The summed E-state index contributed by atoms with van der Waals surface area (Å²) >= 11 is 1.53. The first kappa shape index (κ1) is 11.7. The van der Waals surface area contributed by atoms with Crippen molar-refractivity contribution in [3.05, 3.63) is 40.1 Å². The maximum Gasteiger partial charge on any atom is 0.328 e. The van der Waals surface area contributed by atoms with Gasteiger partial charge in [-0.15, -0.1) is 11.3 Å². The highest BCUT2D eigenvalue weighted by Gasteiger charge is 2.25. The smallest absolute Gasteiger partial charge is 0.328 e. The minimum absolute atomic E-state index is 0.000878. The van der Waals surface area contributed by atoms with Crippen LogP contribution in [0.1, 0.15) is 24.7 Å². The van der Waals surface area contributed by atoms with Crippen LogP contribution in [-0.4, -0.2) is 19.1 Å². The van der Waals surface area contributed by atoms with E-state index in [1.165, 1.54) is 11.3 Å². The number of thiophene rings is 1. The van der Waals surface area contributed by atoms with Crippen LogP contribution in [0.5, 0.6) is 0 Å².